The van der Waals surface area contributed by atoms with Crippen LogP contribution in [0.5, 0.6) is 0 Å². The molecule has 0 saturated carbocycles. The standard InChI is InChI=1S/C22H27N3O3S2/c1-5-17-14-18-19(30-17)23-22(25(21(18)27)12-9-13-28-4)29-15(2)20(26)24(3)16-10-7-6-8-11-16/h6-8,10-11,14-15H,5,9,12-13H2,1-4H3/t15-/m0/s1. The average molecular weight is 446 g/mol. The number of aryl methyl sites for hydroxylation is 1. The third-order valence-electron chi connectivity index (χ3n) is 4.85. The quantitative estimate of drug-likeness (QED) is 0.281. The van der Waals surface area contributed by atoms with Gasteiger partial charge in [0, 0.05) is 37.9 Å². The Balaban J connectivity index is 1.91. The highest BCUT2D eigenvalue weighted by atomic mass is 32.2. The molecule has 3 aromatic rings. The Kier molecular flexibility index (Phi) is 7.69. The molecule has 2 heterocycles. The van der Waals surface area contributed by atoms with Gasteiger partial charge in [-0.15, -0.1) is 11.3 Å². The summed E-state index contributed by atoms with van der Waals surface area (Å²) < 4.78 is 6.84. The lowest BCUT2D eigenvalue weighted by Gasteiger charge is -2.22. The van der Waals surface area contributed by atoms with E-state index in [1.54, 1.807) is 35.0 Å². The normalized spacial score (nSPS) is 12.3. The Morgan fingerprint density at radius 2 is 2.07 bits per heavy atom. The van der Waals surface area contributed by atoms with E-state index in [9.17, 15) is 9.59 Å². The summed E-state index contributed by atoms with van der Waals surface area (Å²) in [5.74, 6) is -0.0376. The second-order valence-electron chi connectivity index (χ2n) is 6.98. The summed E-state index contributed by atoms with van der Waals surface area (Å²) in [6.07, 6.45) is 1.57. The van der Waals surface area contributed by atoms with Gasteiger partial charge in [0.05, 0.1) is 10.6 Å². The summed E-state index contributed by atoms with van der Waals surface area (Å²) in [6, 6.07) is 11.5. The van der Waals surface area contributed by atoms with Crippen molar-refractivity contribution < 1.29 is 9.53 Å². The number of carbonyl (C=O) groups is 1. The van der Waals surface area contributed by atoms with E-state index in [2.05, 4.69) is 6.92 Å². The Morgan fingerprint density at radius 1 is 1.33 bits per heavy atom. The summed E-state index contributed by atoms with van der Waals surface area (Å²) in [5.41, 5.74) is 0.785. The van der Waals surface area contributed by atoms with E-state index >= 15 is 0 Å². The third kappa shape index (κ3) is 4.94. The van der Waals surface area contributed by atoms with Gasteiger partial charge in [-0.05, 0) is 38.0 Å². The number of thioether (sulfide) groups is 1. The number of benzene rings is 1. The zero-order chi connectivity index (χ0) is 21.7. The van der Waals surface area contributed by atoms with Gasteiger partial charge in [0.25, 0.3) is 5.56 Å². The molecule has 0 saturated heterocycles. The molecule has 0 radical (unpaired) electrons. The molecule has 0 unspecified atom stereocenters. The summed E-state index contributed by atoms with van der Waals surface area (Å²) in [4.78, 5) is 34.4. The topological polar surface area (TPSA) is 64.4 Å². The first-order chi connectivity index (χ1) is 14.5. The molecule has 1 atom stereocenters. The molecule has 0 fully saturated rings. The van der Waals surface area contributed by atoms with Crippen molar-refractivity contribution >= 4 is 44.9 Å². The molecule has 160 valence electrons. The lowest BCUT2D eigenvalue weighted by molar-refractivity contribution is -0.117. The minimum atomic E-state index is -0.390. The van der Waals surface area contributed by atoms with Crippen LogP contribution in [-0.2, 0) is 22.5 Å². The largest absolute Gasteiger partial charge is 0.385 e. The van der Waals surface area contributed by atoms with Gasteiger partial charge in [-0.3, -0.25) is 14.2 Å². The summed E-state index contributed by atoms with van der Waals surface area (Å²) in [7, 11) is 3.41. The maximum Gasteiger partial charge on any atom is 0.262 e. The first-order valence-corrected chi connectivity index (χ1v) is 11.7. The summed E-state index contributed by atoms with van der Waals surface area (Å²) in [5, 5.41) is 0.841. The number of nitrogens with zero attached hydrogens (tertiary/aromatic N) is 3. The highest BCUT2D eigenvalue weighted by Crippen LogP contribution is 2.28. The van der Waals surface area contributed by atoms with Crippen LogP contribution in [0.15, 0.2) is 46.3 Å². The Bertz CT molecular complexity index is 1060. The monoisotopic (exact) mass is 445 g/mol. The number of amides is 1. The van der Waals surface area contributed by atoms with Crippen molar-refractivity contribution in [3.05, 3.63) is 51.6 Å². The molecule has 0 spiro atoms. The first kappa shape index (κ1) is 22.5. The second-order valence-corrected chi connectivity index (χ2v) is 9.40. The Hall–Kier alpha value is -2.16. The highest BCUT2D eigenvalue weighted by molar-refractivity contribution is 8.00. The van der Waals surface area contributed by atoms with E-state index in [0.717, 1.165) is 21.8 Å². The van der Waals surface area contributed by atoms with Gasteiger partial charge in [0.15, 0.2) is 5.16 Å². The number of thiophene rings is 1. The van der Waals surface area contributed by atoms with Crippen LogP contribution in [0.25, 0.3) is 10.2 Å². The minimum absolute atomic E-state index is 0.0376. The van der Waals surface area contributed by atoms with E-state index < -0.39 is 0 Å². The van der Waals surface area contributed by atoms with Crippen LogP contribution in [0, 0.1) is 0 Å². The summed E-state index contributed by atoms with van der Waals surface area (Å²) in [6.45, 7) is 4.99. The number of hydrogen-bond donors (Lipinski definition) is 0. The number of anilines is 1. The van der Waals surface area contributed by atoms with Crippen LogP contribution in [0.4, 0.5) is 5.69 Å². The number of hydrogen-bond acceptors (Lipinski definition) is 6. The van der Waals surface area contributed by atoms with Crippen LogP contribution in [-0.4, -0.2) is 41.5 Å². The smallest absolute Gasteiger partial charge is 0.262 e. The van der Waals surface area contributed by atoms with E-state index in [-0.39, 0.29) is 16.7 Å². The van der Waals surface area contributed by atoms with Crippen molar-refractivity contribution in [2.45, 2.75) is 43.6 Å². The molecule has 1 amide bonds. The summed E-state index contributed by atoms with van der Waals surface area (Å²) >= 11 is 2.88. The van der Waals surface area contributed by atoms with E-state index in [4.69, 9.17) is 9.72 Å². The molecule has 0 aliphatic carbocycles. The van der Waals surface area contributed by atoms with Crippen LogP contribution in [0.1, 0.15) is 25.1 Å². The van der Waals surface area contributed by atoms with Crippen LogP contribution >= 0.6 is 23.1 Å². The number of aromatic nitrogens is 2. The maximum atomic E-state index is 13.2. The predicted molar refractivity (Wildman–Crippen MR) is 125 cm³/mol. The lowest BCUT2D eigenvalue weighted by Crippen LogP contribution is -2.34. The molecule has 0 N–H and O–H groups in total. The SMILES string of the molecule is CCc1cc2c(=O)n(CCCOC)c(S[C@@H](C)C(=O)N(C)c3ccccc3)nc2s1. The zero-order valence-corrected chi connectivity index (χ0v) is 19.4. The number of ether oxygens (including phenoxy) is 1. The number of fused-ring (bicyclic) bond motifs is 1. The van der Waals surface area contributed by atoms with Gasteiger partial charge < -0.3 is 9.64 Å². The van der Waals surface area contributed by atoms with Gasteiger partial charge in [0.1, 0.15) is 4.83 Å². The maximum absolute atomic E-state index is 13.2. The number of carbonyl (C=O) groups excluding carboxylic acids is 1. The van der Waals surface area contributed by atoms with E-state index in [1.165, 1.54) is 11.8 Å². The number of methoxy groups -OCH3 is 1. The zero-order valence-electron chi connectivity index (χ0n) is 17.8. The van der Waals surface area contributed by atoms with Crippen LogP contribution < -0.4 is 10.5 Å². The first-order valence-electron chi connectivity index (χ1n) is 9.97. The highest BCUT2D eigenvalue weighted by Gasteiger charge is 2.23. The molecule has 0 aliphatic heterocycles. The van der Waals surface area contributed by atoms with Gasteiger partial charge in [-0.1, -0.05) is 36.9 Å². The van der Waals surface area contributed by atoms with Gasteiger partial charge in [-0.25, -0.2) is 4.98 Å². The molecule has 1 aromatic carbocycles. The van der Waals surface area contributed by atoms with Crippen LogP contribution in [0.2, 0.25) is 0 Å². The molecule has 30 heavy (non-hydrogen) atoms. The molecule has 0 aliphatic rings. The lowest BCUT2D eigenvalue weighted by atomic mass is 10.3. The molecule has 2 aromatic heterocycles. The average Bonchev–Trinajstić information content (AvgIpc) is 3.19. The Morgan fingerprint density at radius 3 is 2.73 bits per heavy atom. The van der Waals surface area contributed by atoms with Gasteiger partial charge in [0.2, 0.25) is 5.91 Å². The molecule has 3 rings (SSSR count). The van der Waals surface area contributed by atoms with E-state index in [0.29, 0.717) is 30.1 Å². The number of rotatable bonds is 9. The molecule has 0 bridgehead atoms. The fourth-order valence-electron chi connectivity index (χ4n) is 3.14. The molecule has 8 heteroatoms. The predicted octanol–water partition coefficient (Wildman–Crippen LogP) is 4.20. The molecular formula is C22H27N3O3S2. The van der Waals surface area contributed by atoms with Crippen molar-refractivity contribution in [2.75, 3.05) is 25.7 Å². The number of para-hydroxylation sites is 1. The third-order valence-corrected chi connectivity index (χ3v) is 7.10. The van der Waals surface area contributed by atoms with Crippen molar-refractivity contribution in [1.82, 2.24) is 9.55 Å². The van der Waals surface area contributed by atoms with E-state index in [1.807, 2.05) is 43.3 Å². The Labute approximate surface area is 184 Å². The van der Waals surface area contributed by atoms with Gasteiger partial charge in [-0.2, -0.15) is 0 Å². The van der Waals surface area contributed by atoms with Crippen molar-refractivity contribution in [3.8, 4) is 0 Å². The van der Waals surface area contributed by atoms with Gasteiger partial charge >= 0.3 is 0 Å². The van der Waals surface area contributed by atoms with Crippen LogP contribution in [0.3, 0.4) is 0 Å². The second kappa shape index (κ2) is 10.2. The van der Waals surface area contributed by atoms with Crippen molar-refractivity contribution in [2.24, 2.45) is 0 Å². The minimum Gasteiger partial charge on any atom is -0.385 e. The molecular weight excluding hydrogens is 418 g/mol. The fourth-order valence-corrected chi connectivity index (χ4v) is 5.17. The van der Waals surface area contributed by atoms with Crippen molar-refractivity contribution in [1.29, 1.82) is 0 Å². The van der Waals surface area contributed by atoms with Crippen molar-refractivity contribution in [3.63, 3.8) is 0 Å². The fraction of sp³-hybridized carbons (Fsp3) is 0.409. The molecule has 6 nitrogen and oxygen atoms in total.